The molecule has 0 N–H and O–H groups in total. The molecule has 0 aromatic heterocycles. The maximum Gasteiger partial charge on any atom is 0.310 e. The molecule has 4 fully saturated rings. The van der Waals surface area contributed by atoms with Crippen molar-refractivity contribution in [2.75, 3.05) is 37.6 Å². The molecular formula is C25H33N3O4. The first-order chi connectivity index (χ1) is 15.3. The molecule has 32 heavy (non-hydrogen) atoms. The Hall–Kier alpha value is -2.41. The quantitative estimate of drug-likeness (QED) is 0.305. The number of hydrogen-bond donors (Lipinski definition) is 0. The average Bonchev–Trinajstić information content (AvgIpc) is 3.06. The Morgan fingerprint density at radius 2 is 1.94 bits per heavy atom. The van der Waals surface area contributed by atoms with E-state index < -0.39 is 0 Å². The number of carbonyl (C=O) groups excluding carboxylic acids is 1. The highest BCUT2D eigenvalue weighted by Crippen LogP contribution is 2.56. The number of allylic oxidation sites excluding steroid dienone is 1. The molecular weight excluding hydrogens is 406 g/mol. The Morgan fingerprint density at radius 1 is 1.22 bits per heavy atom. The van der Waals surface area contributed by atoms with Crippen molar-refractivity contribution < 1.29 is 14.5 Å². The van der Waals surface area contributed by atoms with Crippen LogP contribution in [0.2, 0.25) is 0 Å². The fourth-order valence-electron chi connectivity index (χ4n) is 6.72. The van der Waals surface area contributed by atoms with Gasteiger partial charge in [-0.1, -0.05) is 19.1 Å². The van der Waals surface area contributed by atoms with Gasteiger partial charge in [0.15, 0.2) is 0 Å². The van der Waals surface area contributed by atoms with Crippen molar-refractivity contribution in [3.05, 3.63) is 46.5 Å². The van der Waals surface area contributed by atoms with Crippen LogP contribution in [0.15, 0.2) is 36.4 Å². The first kappa shape index (κ1) is 21.4. The molecule has 2 aliphatic heterocycles. The molecule has 172 valence electrons. The number of benzene rings is 1. The lowest BCUT2D eigenvalue weighted by molar-refractivity contribution is -0.384. The van der Waals surface area contributed by atoms with Crippen LogP contribution >= 0.6 is 0 Å². The number of piperazine rings is 1. The largest absolute Gasteiger partial charge is 0.462 e. The van der Waals surface area contributed by atoms with Gasteiger partial charge in [-0.15, -0.1) is 0 Å². The second-order valence-corrected chi connectivity index (χ2v) is 10.5. The van der Waals surface area contributed by atoms with Crippen molar-refractivity contribution in [2.45, 2.75) is 45.1 Å². The molecule has 2 saturated carbocycles. The molecule has 0 amide bonds. The molecule has 1 aromatic carbocycles. The Kier molecular flexibility index (Phi) is 5.48. The van der Waals surface area contributed by atoms with E-state index in [2.05, 4.69) is 23.3 Å². The van der Waals surface area contributed by atoms with Crippen LogP contribution in [0.1, 0.15) is 39.0 Å². The lowest BCUT2D eigenvalue weighted by Crippen LogP contribution is -2.50. The third kappa shape index (κ3) is 3.81. The Bertz CT molecular complexity index is 908. The monoisotopic (exact) mass is 439 g/mol. The summed E-state index contributed by atoms with van der Waals surface area (Å²) in [6.07, 6.45) is 5.64. The number of nitrogens with zero attached hydrogens (tertiary/aromatic N) is 3. The van der Waals surface area contributed by atoms with Gasteiger partial charge in [0.05, 0.1) is 10.8 Å². The number of hydrogen-bond acceptors (Lipinski definition) is 6. The van der Waals surface area contributed by atoms with Crippen molar-refractivity contribution in [1.29, 1.82) is 0 Å². The molecule has 7 nitrogen and oxygen atoms in total. The molecule has 2 heterocycles. The third-order valence-electron chi connectivity index (χ3n) is 8.57. The van der Waals surface area contributed by atoms with Gasteiger partial charge in [-0.2, -0.15) is 0 Å². The molecule has 2 saturated heterocycles. The summed E-state index contributed by atoms with van der Waals surface area (Å²) in [7, 11) is 0. The van der Waals surface area contributed by atoms with Crippen LogP contribution in [-0.4, -0.2) is 54.6 Å². The maximum atomic E-state index is 12.8. The van der Waals surface area contributed by atoms with Gasteiger partial charge in [-0.05, 0) is 55.6 Å². The van der Waals surface area contributed by atoms with Crippen molar-refractivity contribution in [3.63, 3.8) is 0 Å². The van der Waals surface area contributed by atoms with Crippen LogP contribution in [0, 0.1) is 33.3 Å². The predicted octanol–water partition coefficient (Wildman–Crippen LogP) is 4.03. The Morgan fingerprint density at radius 3 is 2.62 bits per heavy atom. The number of esters is 1. The van der Waals surface area contributed by atoms with Gasteiger partial charge in [0.2, 0.25) is 0 Å². The number of fused-ring (bicyclic) bond motifs is 2. The van der Waals surface area contributed by atoms with E-state index in [1.807, 2.05) is 12.1 Å². The molecule has 5 atom stereocenters. The van der Waals surface area contributed by atoms with Gasteiger partial charge in [-0.25, -0.2) is 0 Å². The smallest absolute Gasteiger partial charge is 0.310 e. The number of non-ortho nitro benzene ring substituents is 1. The van der Waals surface area contributed by atoms with E-state index in [-0.39, 0.29) is 34.0 Å². The van der Waals surface area contributed by atoms with Crippen LogP contribution in [-0.2, 0) is 9.53 Å². The lowest BCUT2D eigenvalue weighted by atomic mass is 9.55. The number of rotatable bonds is 4. The Labute approximate surface area is 189 Å². The van der Waals surface area contributed by atoms with Crippen molar-refractivity contribution in [2.24, 2.45) is 23.2 Å². The molecule has 7 heteroatoms. The molecule has 5 rings (SSSR count). The highest BCUT2D eigenvalue weighted by molar-refractivity contribution is 5.75. The van der Waals surface area contributed by atoms with Crippen LogP contribution in [0.25, 0.3) is 0 Å². The summed E-state index contributed by atoms with van der Waals surface area (Å²) in [6, 6.07) is 6.77. The topological polar surface area (TPSA) is 75.9 Å². The van der Waals surface area contributed by atoms with Gasteiger partial charge in [0.25, 0.3) is 5.69 Å². The zero-order valence-electron chi connectivity index (χ0n) is 18.9. The molecule has 2 aliphatic carbocycles. The zero-order chi connectivity index (χ0) is 22.5. The number of carbonyl (C=O) groups is 1. The fourth-order valence-corrected chi connectivity index (χ4v) is 6.72. The first-order valence-corrected chi connectivity index (χ1v) is 11.9. The lowest BCUT2D eigenvalue weighted by Gasteiger charge is -2.50. The third-order valence-corrected chi connectivity index (χ3v) is 8.57. The van der Waals surface area contributed by atoms with Crippen LogP contribution < -0.4 is 4.90 Å². The summed E-state index contributed by atoms with van der Waals surface area (Å²) in [5.74, 6) is 0.785. The number of ether oxygens (including phenoxy) is 1. The van der Waals surface area contributed by atoms with E-state index in [1.165, 1.54) is 18.4 Å². The maximum absolute atomic E-state index is 12.8. The van der Waals surface area contributed by atoms with Crippen molar-refractivity contribution in [3.8, 4) is 0 Å². The van der Waals surface area contributed by atoms with Crippen LogP contribution in [0.5, 0.6) is 0 Å². The number of anilines is 1. The minimum Gasteiger partial charge on any atom is -0.462 e. The molecule has 0 radical (unpaired) electrons. The second-order valence-electron chi connectivity index (χ2n) is 10.5. The summed E-state index contributed by atoms with van der Waals surface area (Å²) in [5.41, 5.74) is 2.75. The highest BCUT2D eigenvalue weighted by Gasteiger charge is 2.55. The SMILES string of the molecule is C=C1CCC[C@]2(C)C[C@H]3OC(=O)C(CN4CCN(c5ccc([N+](=O)[O-])cc5)CC4)[C@H]3CC12. The second kappa shape index (κ2) is 8.18. The normalized spacial score (nSPS) is 35.2. The van der Waals surface area contributed by atoms with E-state index in [0.717, 1.165) is 57.7 Å². The predicted molar refractivity (Wildman–Crippen MR) is 122 cm³/mol. The van der Waals surface area contributed by atoms with E-state index in [1.54, 1.807) is 12.1 Å². The minimum absolute atomic E-state index is 0.00865. The number of nitro groups is 1. The van der Waals surface area contributed by atoms with Crippen LogP contribution in [0.4, 0.5) is 11.4 Å². The minimum atomic E-state index is -0.369. The Balaban J connectivity index is 1.20. The molecule has 1 aromatic rings. The summed E-state index contributed by atoms with van der Waals surface area (Å²) in [6.45, 7) is 11.0. The zero-order valence-corrected chi connectivity index (χ0v) is 18.9. The summed E-state index contributed by atoms with van der Waals surface area (Å²) >= 11 is 0. The van der Waals surface area contributed by atoms with E-state index in [9.17, 15) is 14.9 Å². The summed E-state index contributed by atoms with van der Waals surface area (Å²) in [4.78, 5) is 28.0. The number of nitro benzene ring substituents is 1. The van der Waals surface area contributed by atoms with Crippen molar-refractivity contribution in [1.82, 2.24) is 4.90 Å². The molecule has 0 spiro atoms. The molecule has 4 aliphatic rings. The van der Waals surface area contributed by atoms with Crippen molar-refractivity contribution >= 4 is 17.3 Å². The van der Waals surface area contributed by atoms with E-state index in [4.69, 9.17) is 4.74 Å². The van der Waals surface area contributed by atoms with Gasteiger partial charge < -0.3 is 9.64 Å². The van der Waals surface area contributed by atoms with Gasteiger partial charge >= 0.3 is 5.97 Å². The standard InChI is InChI=1S/C25H33N3O4/c1-17-4-3-9-25(2)15-23-20(14-22(17)25)21(24(29)32-23)16-26-10-12-27(13-11-26)18-5-7-19(8-6-18)28(30)31/h5-8,20-23H,1,3-4,9-16H2,2H3/t20-,21?,22?,23-,25-/m1/s1. The fraction of sp³-hybridized carbons (Fsp3) is 0.640. The van der Waals surface area contributed by atoms with E-state index >= 15 is 0 Å². The van der Waals surface area contributed by atoms with Gasteiger partial charge in [0.1, 0.15) is 6.10 Å². The van der Waals surface area contributed by atoms with Crippen LogP contribution in [0.3, 0.4) is 0 Å². The summed E-state index contributed by atoms with van der Waals surface area (Å²) in [5, 5.41) is 10.9. The molecule has 2 unspecified atom stereocenters. The highest BCUT2D eigenvalue weighted by atomic mass is 16.6. The average molecular weight is 440 g/mol. The summed E-state index contributed by atoms with van der Waals surface area (Å²) < 4.78 is 5.93. The van der Waals surface area contributed by atoms with E-state index in [0.29, 0.717) is 11.8 Å². The van der Waals surface area contributed by atoms with Gasteiger partial charge in [0, 0.05) is 56.5 Å². The first-order valence-electron chi connectivity index (χ1n) is 11.9. The van der Waals surface area contributed by atoms with Gasteiger partial charge in [-0.3, -0.25) is 19.8 Å². The molecule has 0 bridgehead atoms.